The van der Waals surface area contributed by atoms with Crippen molar-refractivity contribution >= 4 is 11.6 Å². The fourth-order valence-electron chi connectivity index (χ4n) is 1.59. The van der Waals surface area contributed by atoms with Crippen LogP contribution in [0.5, 0.6) is 0 Å². The smallest absolute Gasteiger partial charge is 0.327 e. The van der Waals surface area contributed by atoms with Crippen LogP contribution < -0.4 is 5.73 Å². The highest BCUT2D eigenvalue weighted by Gasteiger charge is 2.38. The van der Waals surface area contributed by atoms with E-state index in [4.69, 9.17) is 17.3 Å². The molecular weight excluding hydrogens is 227 g/mol. The molecule has 2 rings (SSSR count). The lowest BCUT2D eigenvalue weighted by Gasteiger charge is -2.10. The molecule has 1 saturated carbocycles. The van der Waals surface area contributed by atoms with Gasteiger partial charge in [-0.1, -0.05) is 17.7 Å². The van der Waals surface area contributed by atoms with Crippen LogP contribution in [0.4, 0.5) is 13.2 Å². The molecule has 0 unspecified atom stereocenters. The summed E-state index contributed by atoms with van der Waals surface area (Å²) >= 11 is 5.49. The van der Waals surface area contributed by atoms with E-state index in [0.29, 0.717) is 5.56 Å². The van der Waals surface area contributed by atoms with Gasteiger partial charge in [0.05, 0.1) is 10.6 Å². The van der Waals surface area contributed by atoms with E-state index in [1.54, 1.807) is 6.07 Å². The standard InChI is InChI=1S/C10H9ClF3N/c11-8-2-1-5(6-4-9(6)15)3-7(8)10(12,13)14/h1-3,6,9H,4,15H2/t6-,9+/m0/s1. The van der Waals surface area contributed by atoms with E-state index in [9.17, 15) is 13.2 Å². The maximum atomic E-state index is 12.5. The van der Waals surface area contributed by atoms with Gasteiger partial charge in [0.25, 0.3) is 0 Å². The van der Waals surface area contributed by atoms with Crippen LogP contribution in [-0.4, -0.2) is 6.04 Å². The largest absolute Gasteiger partial charge is 0.417 e. The second-order valence-corrected chi connectivity index (χ2v) is 4.15. The number of rotatable bonds is 1. The third kappa shape index (κ3) is 2.11. The minimum absolute atomic E-state index is 0.00717. The monoisotopic (exact) mass is 235 g/mol. The summed E-state index contributed by atoms with van der Waals surface area (Å²) in [6.45, 7) is 0. The van der Waals surface area contributed by atoms with Crippen molar-refractivity contribution < 1.29 is 13.2 Å². The predicted octanol–water partition coefficient (Wildman–Crippen LogP) is 3.17. The van der Waals surface area contributed by atoms with E-state index >= 15 is 0 Å². The molecule has 1 aromatic rings. The van der Waals surface area contributed by atoms with Crippen molar-refractivity contribution in [3.63, 3.8) is 0 Å². The molecular formula is C10H9ClF3N. The lowest BCUT2D eigenvalue weighted by Crippen LogP contribution is -2.07. The SMILES string of the molecule is N[C@@H]1C[C@H]1c1ccc(Cl)c(C(F)(F)F)c1. The Bertz CT molecular complexity index is 389. The maximum absolute atomic E-state index is 12.5. The summed E-state index contributed by atoms with van der Waals surface area (Å²) in [4.78, 5) is 0. The van der Waals surface area contributed by atoms with Crippen molar-refractivity contribution in [2.24, 2.45) is 5.73 Å². The van der Waals surface area contributed by atoms with Crippen molar-refractivity contribution in [2.45, 2.75) is 24.6 Å². The van der Waals surface area contributed by atoms with Crippen molar-refractivity contribution in [1.29, 1.82) is 0 Å². The predicted molar refractivity (Wildman–Crippen MR) is 51.8 cm³/mol. The first kappa shape index (κ1) is 10.8. The molecule has 1 nitrogen and oxygen atoms in total. The fourth-order valence-corrected chi connectivity index (χ4v) is 1.81. The summed E-state index contributed by atoms with van der Waals surface area (Å²) in [6.07, 6.45) is -3.65. The normalized spacial score (nSPS) is 25.4. The Morgan fingerprint density at radius 1 is 1.33 bits per heavy atom. The third-order valence-electron chi connectivity index (χ3n) is 2.56. The molecule has 2 atom stereocenters. The lowest BCUT2D eigenvalue weighted by molar-refractivity contribution is -0.137. The van der Waals surface area contributed by atoms with Gasteiger partial charge < -0.3 is 5.73 Å². The summed E-state index contributed by atoms with van der Waals surface area (Å²) < 4.78 is 37.5. The molecule has 1 aromatic carbocycles. The number of alkyl halides is 3. The number of halogens is 4. The molecule has 15 heavy (non-hydrogen) atoms. The highest BCUT2D eigenvalue weighted by molar-refractivity contribution is 6.31. The van der Waals surface area contributed by atoms with Gasteiger partial charge in [-0.25, -0.2) is 0 Å². The lowest BCUT2D eigenvalue weighted by atomic mass is 10.1. The van der Waals surface area contributed by atoms with Gasteiger partial charge in [0.2, 0.25) is 0 Å². The molecule has 0 spiro atoms. The molecule has 0 aliphatic heterocycles. The van der Waals surface area contributed by atoms with Crippen LogP contribution in [-0.2, 0) is 6.18 Å². The summed E-state index contributed by atoms with van der Waals surface area (Å²) in [5.41, 5.74) is 5.43. The molecule has 0 radical (unpaired) electrons. The quantitative estimate of drug-likeness (QED) is 0.795. The minimum atomic E-state index is -4.40. The molecule has 5 heteroatoms. The molecule has 0 bridgehead atoms. The Kier molecular flexibility index (Phi) is 2.43. The molecule has 0 saturated heterocycles. The van der Waals surface area contributed by atoms with Crippen LogP contribution in [0.1, 0.15) is 23.5 Å². The van der Waals surface area contributed by atoms with E-state index in [1.807, 2.05) is 0 Å². The first-order valence-corrected chi connectivity index (χ1v) is 4.89. The van der Waals surface area contributed by atoms with Gasteiger partial charge in [-0.2, -0.15) is 13.2 Å². The second-order valence-electron chi connectivity index (χ2n) is 3.74. The van der Waals surface area contributed by atoms with Gasteiger partial charge in [0, 0.05) is 12.0 Å². The van der Waals surface area contributed by atoms with Crippen molar-refractivity contribution in [3.8, 4) is 0 Å². The number of nitrogens with two attached hydrogens (primary N) is 1. The van der Waals surface area contributed by atoms with Gasteiger partial charge in [-0.15, -0.1) is 0 Å². The molecule has 1 aliphatic carbocycles. The number of benzene rings is 1. The van der Waals surface area contributed by atoms with E-state index in [1.165, 1.54) is 6.07 Å². The average Bonchev–Trinajstić information content (AvgIpc) is 2.81. The van der Waals surface area contributed by atoms with Crippen LogP contribution >= 0.6 is 11.6 Å². The molecule has 0 aromatic heterocycles. The molecule has 0 heterocycles. The van der Waals surface area contributed by atoms with Crippen molar-refractivity contribution in [1.82, 2.24) is 0 Å². The Balaban J connectivity index is 2.37. The summed E-state index contributed by atoms with van der Waals surface area (Å²) in [5, 5.41) is -0.263. The fraction of sp³-hybridized carbons (Fsp3) is 0.400. The van der Waals surface area contributed by atoms with Crippen molar-refractivity contribution in [2.75, 3.05) is 0 Å². The third-order valence-corrected chi connectivity index (χ3v) is 2.89. The highest BCUT2D eigenvalue weighted by Crippen LogP contribution is 2.42. The topological polar surface area (TPSA) is 26.0 Å². The molecule has 2 N–H and O–H groups in total. The van der Waals surface area contributed by atoms with Crippen LogP contribution in [0, 0.1) is 0 Å². The van der Waals surface area contributed by atoms with Gasteiger partial charge in [-0.05, 0) is 24.1 Å². The Morgan fingerprint density at radius 2 is 1.93 bits per heavy atom. The van der Waals surface area contributed by atoms with Crippen LogP contribution in [0.25, 0.3) is 0 Å². The van der Waals surface area contributed by atoms with Gasteiger partial charge in [0.15, 0.2) is 0 Å². The first-order chi connectivity index (χ1) is 6.89. The Hall–Kier alpha value is -0.740. The summed E-state index contributed by atoms with van der Waals surface area (Å²) in [6, 6.07) is 3.98. The summed E-state index contributed by atoms with van der Waals surface area (Å²) in [5.74, 6) is 0.0587. The van der Waals surface area contributed by atoms with E-state index in [0.717, 1.165) is 12.5 Å². The average molecular weight is 236 g/mol. The number of hydrogen-bond acceptors (Lipinski definition) is 1. The van der Waals surface area contributed by atoms with Gasteiger partial charge >= 0.3 is 6.18 Å². The zero-order valence-electron chi connectivity index (χ0n) is 7.68. The maximum Gasteiger partial charge on any atom is 0.417 e. The first-order valence-electron chi connectivity index (χ1n) is 4.52. The molecule has 82 valence electrons. The van der Waals surface area contributed by atoms with Crippen LogP contribution in [0.3, 0.4) is 0 Å². The molecule has 1 aliphatic rings. The summed E-state index contributed by atoms with van der Waals surface area (Å²) in [7, 11) is 0. The second kappa shape index (κ2) is 3.39. The van der Waals surface area contributed by atoms with Crippen LogP contribution in [0.2, 0.25) is 5.02 Å². The van der Waals surface area contributed by atoms with Crippen molar-refractivity contribution in [3.05, 3.63) is 34.3 Å². The molecule has 0 amide bonds. The van der Waals surface area contributed by atoms with E-state index in [-0.39, 0.29) is 17.0 Å². The van der Waals surface area contributed by atoms with Gasteiger partial charge in [0.1, 0.15) is 0 Å². The zero-order valence-corrected chi connectivity index (χ0v) is 8.44. The Labute approximate surface area is 90.0 Å². The minimum Gasteiger partial charge on any atom is -0.327 e. The van der Waals surface area contributed by atoms with Crippen LogP contribution in [0.15, 0.2) is 18.2 Å². The Morgan fingerprint density at radius 3 is 2.40 bits per heavy atom. The van der Waals surface area contributed by atoms with Gasteiger partial charge in [-0.3, -0.25) is 0 Å². The van der Waals surface area contributed by atoms with E-state index < -0.39 is 11.7 Å². The molecule has 1 fully saturated rings. The number of hydrogen-bond donors (Lipinski definition) is 1. The van der Waals surface area contributed by atoms with E-state index in [2.05, 4.69) is 0 Å². The highest BCUT2D eigenvalue weighted by atomic mass is 35.5. The zero-order chi connectivity index (χ0) is 11.2.